The van der Waals surface area contributed by atoms with E-state index < -0.39 is 0 Å². The molecule has 1 heterocycles. The molecule has 1 amide bonds. The molecule has 1 aliphatic rings. The summed E-state index contributed by atoms with van der Waals surface area (Å²) in [6, 6.07) is 5.87. The van der Waals surface area contributed by atoms with Crippen LogP contribution in [-0.2, 0) is 4.79 Å². The van der Waals surface area contributed by atoms with Crippen LogP contribution in [0.2, 0.25) is 0 Å². The van der Waals surface area contributed by atoms with Crippen LogP contribution in [-0.4, -0.2) is 50.1 Å². The largest absolute Gasteiger partial charge is 0.491 e. The van der Waals surface area contributed by atoms with Crippen molar-refractivity contribution in [3.05, 3.63) is 23.8 Å². The molecule has 5 nitrogen and oxygen atoms in total. The van der Waals surface area contributed by atoms with Crippen molar-refractivity contribution < 1.29 is 9.53 Å². The summed E-state index contributed by atoms with van der Waals surface area (Å²) in [5.74, 6) is 0.771. The molecule has 1 aromatic rings. The van der Waals surface area contributed by atoms with Gasteiger partial charge >= 0.3 is 0 Å². The van der Waals surface area contributed by atoms with Gasteiger partial charge in [0.15, 0.2) is 0 Å². The van der Waals surface area contributed by atoms with Crippen LogP contribution >= 0.6 is 0 Å². The number of nitrogens with zero attached hydrogens (tertiary/aromatic N) is 1. The standard InChI is InChI=1S/C16H25N3O2/c1-3-10-21-15-11-13(2)4-5-14(15)18-16(20)12-19-8-6-17-7-9-19/h4-5,11,17H,3,6-10,12H2,1-2H3,(H,18,20). The molecule has 1 aliphatic heterocycles. The van der Waals surface area contributed by atoms with Crippen molar-refractivity contribution in [1.29, 1.82) is 0 Å². The summed E-state index contributed by atoms with van der Waals surface area (Å²) < 4.78 is 5.72. The Labute approximate surface area is 126 Å². The van der Waals surface area contributed by atoms with Crippen LogP contribution < -0.4 is 15.4 Å². The molecule has 21 heavy (non-hydrogen) atoms. The van der Waals surface area contributed by atoms with Crippen LogP contribution in [0.25, 0.3) is 0 Å². The van der Waals surface area contributed by atoms with Crippen molar-refractivity contribution in [3.8, 4) is 5.75 Å². The van der Waals surface area contributed by atoms with Crippen molar-refractivity contribution in [1.82, 2.24) is 10.2 Å². The zero-order chi connectivity index (χ0) is 15.1. The molecule has 0 saturated carbocycles. The van der Waals surface area contributed by atoms with Crippen molar-refractivity contribution >= 4 is 11.6 Å². The predicted octanol–water partition coefficient (Wildman–Crippen LogP) is 1.63. The third-order valence-electron chi connectivity index (χ3n) is 3.45. The number of hydrogen-bond donors (Lipinski definition) is 2. The van der Waals surface area contributed by atoms with E-state index in [1.807, 2.05) is 25.1 Å². The van der Waals surface area contributed by atoms with Gasteiger partial charge in [-0.1, -0.05) is 13.0 Å². The first-order valence-corrected chi connectivity index (χ1v) is 7.65. The van der Waals surface area contributed by atoms with Gasteiger partial charge in [0.1, 0.15) is 5.75 Å². The molecule has 5 heteroatoms. The minimum Gasteiger partial charge on any atom is -0.491 e. The number of aryl methyl sites for hydroxylation is 1. The van der Waals surface area contributed by atoms with Crippen LogP contribution in [0.15, 0.2) is 18.2 Å². The van der Waals surface area contributed by atoms with Gasteiger partial charge in [-0.2, -0.15) is 0 Å². The maximum absolute atomic E-state index is 12.2. The Morgan fingerprint density at radius 2 is 2.14 bits per heavy atom. The van der Waals surface area contributed by atoms with E-state index in [0.717, 1.165) is 49.6 Å². The molecule has 2 N–H and O–H groups in total. The molecule has 0 atom stereocenters. The third-order valence-corrected chi connectivity index (χ3v) is 3.45. The summed E-state index contributed by atoms with van der Waals surface area (Å²) in [5, 5.41) is 6.25. The van der Waals surface area contributed by atoms with Gasteiger partial charge in [-0.3, -0.25) is 9.69 Å². The summed E-state index contributed by atoms with van der Waals surface area (Å²) in [6.45, 7) is 8.91. The lowest BCUT2D eigenvalue weighted by Crippen LogP contribution is -2.46. The average Bonchev–Trinajstić information content (AvgIpc) is 2.48. The van der Waals surface area contributed by atoms with Gasteiger partial charge in [-0.05, 0) is 31.0 Å². The number of piperazine rings is 1. The van der Waals surface area contributed by atoms with Crippen LogP contribution in [0.1, 0.15) is 18.9 Å². The summed E-state index contributed by atoms with van der Waals surface area (Å²) in [7, 11) is 0. The number of ether oxygens (including phenoxy) is 1. The third kappa shape index (κ3) is 5.02. The van der Waals surface area contributed by atoms with Gasteiger partial charge in [-0.15, -0.1) is 0 Å². The first kappa shape index (κ1) is 15.8. The molecular formula is C16H25N3O2. The van der Waals surface area contributed by atoms with E-state index in [9.17, 15) is 4.79 Å². The highest BCUT2D eigenvalue weighted by Crippen LogP contribution is 2.25. The predicted molar refractivity (Wildman–Crippen MR) is 84.9 cm³/mol. The Morgan fingerprint density at radius 3 is 2.86 bits per heavy atom. The Bertz CT molecular complexity index is 471. The molecule has 0 spiro atoms. The molecule has 0 aromatic heterocycles. The number of rotatable bonds is 6. The lowest BCUT2D eigenvalue weighted by molar-refractivity contribution is -0.117. The summed E-state index contributed by atoms with van der Waals surface area (Å²) >= 11 is 0. The van der Waals surface area contributed by atoms with Crippen LogP contribution in [0.5, 0.6) is 5.75 Å². The van der Waals surface area contributed by atoms with Crippen LogP contribution in [0.4, 0.5) is 5.69 Å². The number of benzene rings is 1. The molecule has 0 bridgehead atoms. The van der Waals surface area contributed by atoms with E-state index in [4.69, 9.17) is 4.74 Å². The van der Waals surface area contributed by atoms with Gasteiger partial charge in [0.25, 0.3) is 0 Å². The molecule has 1 saturated heterocycles. The molecule has 116 valence electrons. The maximum atomic E-state index is 12.2. The zero-order valence-electron chi connectivity index (χ0n) is 12.9. The first-order chi connectivity index (χ1) is 10.2. The normalized spacial score (nSPS) is 15.7. The van der Waals surface area contributed by atoms with Crippen molar-refractivity contribution in [2.75, 3.05) is 44.6 Å². The molecule has 2 rings (SSSR count). The zero-order valence-corrected chi connectivity index (χ0v) is 12.9. The van der Waals surface area contributed by atoms with E-state index in [0.29, 0.717) is 13.2 Å². The van der Waals surface area contributed by atoms with E-state index in [1.165, 1.54) is 0 Å². The molecule has 0 unspecified atom stereocenters. The summed E-state index contributed by atoms with van der Waals surface area (Å²) in [5.41, 5.74) is 1.88. The Kier molecular flexibility index (Phi) is 6.02. The monoisotopic (exact) mass is 291 g/mol. The second-order valence-corrected chi connectivity index (χ2v) is 5.42. The fraction of sp³-hybridized carbons (Fsp3) is 0.562. The van der Waals surface area contributed by atoms with Gasteiger partial charge in [0.05, 0.1) is 18.8 Å². The quantitative estimate of drug-likeness (QED) is 0.836. The number of anilines is 1. The lowest BCUT2D eigenvalue weighted by atomic mass is 10.2. The molecular weight excluding hydrogens is 266 g/mol. The summed E-state index contributed by atoms with van der Waals surface area (Å²) in [4.78, 5) is 14.3. The Hall–Kier alpha value is -1.59. The highest BCUT2D eigenvalue weighted by Gasteiger charge is 2.15. The maximum Gasteiger partial charge on any atom is 0.238 e. The molecule has 1 fully saturated rings. The second kappa shape index (κ2) is 8.00. The fourth-order valence-electron chi connectivity index (χ4n) is 2.33. The number of nitrogens with one attached hydrogen (secondary N) is 2. The SMILES string of the molecule is CCCOc1cc(C)ccc1NC(=O)CN1CCNCC1. The van der Waals surface area contributed by atoms with Gasteiger partial charge in [-0.25, -0.2) is 0 Å². The second-order valence-electron chi connectivity index (χ2n) is 5.42. The van der Waals surface area contributed by atoms with Gasteiger partial charge in [0, 0.05) is 26.2 Å². The minimum absolute atomic E-state index is 0.0158. The molecule has 0 radical (unpaired) electrons. The van der Waals surface area contributed by atoms with Crippen molar-refractivity contribution in [3.63, 3.8) is 0 Å². The number of carbonyl (C=O) groups is 1. The highest BCUT2D eigenvalue weighted by atomic mass is 16.5. The van der Waals surface area contributed by atoms with E-state index in [1.54, 1.807) is 0 Å². The van der Waals surface area contributed by atoms with E-state index in [-0.39, 0.29) is 5.91 Å². The molecule has 1 aromatic carbocycles. The lowest BCUT2D eigenvalue weighted by Gasteiger charge is -2.26. The number of carbonyl (C=O) groups excluding carboxylic acids is 1. The molecule has 0 aliphatic carbocycles. The number of hydrogen-bond acceptors (Lipinski definition) is 4. The van der Waals surface area contributed by atoms with Gasteiger partial charge in [0.2, 0.25) is 5.91 Å². The van der Waals surface area contributed by atoms with Crippen molar-refractivity contribution in [2.24, 2.45) is 0 Å². The van der Waals surface area contributed by atoms with E-state index in [2.05, 4.69) is 22.5 Å². The number of amides is 1. The summed E-state index contributed by atoms with van der Waals surface area (Å²) in [6.07, 6.45) is 0.947. The topological polar surface area (TPSA) is 53.6 Å². The van der Waals surface area contributed by atoms with E-state index >= 15 is 0 Å². The van der Waals surface area contributed by atoms with Crippen molar-refractivity contribution in [2.45, 2.75) is 20.3 Å². The smallest absolute Gasteiger partial charge is 0.238 e. The Morgan fingerprint density at radius 1 is 1.38 bits per heavy atom. The highest BCUT2D eigenvalue weighted by molar-refractivity contribution is 5.93. The first-order valence-electron chi connectivity index (χ1n) is 7.65. The minimum atomic E-state index is 0.0158. The van der Waals surface area contributed by atoms with Crippen LogP contribution in [0.3, 0.4) is 0 Å². The fourth-order valence-corrected chi connectivity index (χ4v) is 2.33. The van der Waals surface area contributed by atoms with Gasteiger partial charge < -0.3 is 15.4 Å². The Balaban J connectivity index is 1.95. The average molecular weight is 291 g/mol. The van der Waals surface area contributed by atoms with Crippen LogP contribution in [0, 0.1) is 6.92 Å².